The molecule has 5 rings (SSSR count). The van der Waals surface area contributed by atoms with E-state index >= 15 is 0 Å². The van der Waals surface area contributed by atoms with Gasteiger partial charge in [0.05, 0.1) is 31.0 Å². The summed E-state index contributed by atoms with van der Waals surface area (Å²) in [6.07, 6.45) is 3.51. The van der Waals surface area contributed by atoms with Gasteiger partial charge in [-0.3, -0.25) is 14.4 Å². The zero-order valence-corrected chi connectivity index (χ0v) is 17.6. The molecule has 0 saturated carbocycles. The molecule has 158 valence electrons. The monoisotopic (exact) mass is 409 g/mol. The first-order valence-electron chi connectivity index (χ1n) is 10.5. The number of hydrogen-bond donors (Lipinski definition) is 0. The van der Waals surface area contributed by atoms with Crippen LogP contribution in [-0.4, -0.2) is 77.4 Å². The van der Waals surface area contributed by atoms with E-state index in [9.17, 15) is 14.4 Å². The fourth-order valence-corrected chi connectivity index (χ4v) is 5.27. The Labute approximate surface area is 176 Å². The van der Waals surface area contributed by atoms with Crippen LogP contribution < -0.4 is 0 Å². The topological polar surface area (TPSA) is 70.2 Å². The largest absolute Gasteiger partial charge is 0.360 e. The van der Waals surface area contributed by atoms with Crippen molar-refractivity contribution in [3.05, 3.63) is 47.0 Å². The number of fused-ring (bicyclic) bond motifs is 1. The van der Waals surface area contributed by atoms with Crippen molar-refractivity contribution in [3.63, 3.8) is 0 Å². The summed E-state index contributed by atoms with van der Waals surface area (Å²) in [5.41, 5.74) is 2.77. The maximum Gasteiger partial charge on any atom is 0.241 e. The van der Waals surface area contributed by atoms with E-state index in [0.29, 0.717) is 26.2 Å². The standard InChI is InChI=1S/C23H27N3O4/c1-14-4-5-16(10-15(14)2)11-26-13-23-7-6-17(30-23)19(20(23)22(26)29)21(28)25-9-8-24(3)18(27)12-25/h4-7,10,17,19-20H,8-9,11-13H2,1-3H3/t17-,19+,20+,23-/m0/s1. The molecule has 3 saturated heterocycles. The quantitative estimate of drug-likeness (QED) is 0.695. The lowest BCUT2D eigenvalue weighted by Gasteiger charge is -2.35. The van der Waals surface area contributed by atoms with Gasteiger partial charge in [-0.2, -0.15) is 0 Å². The summed E-state index contributed by atoms with van der Waals surface area (Å²) in [6.45, 7) is 6.19. The van der Waals surface area contributed by atoms with Gasteiger partial charge in [-0.05, 0) is 30.5 Å². The van der Waals surface area contributed by atoms with E-state index in [1.54, 1.807) is 16.8 Å². The molecule has 4 aliphatic rings. The van der Waals surface area contributed by atoms with Gasteiger partial charge in [-0.25, -0.2) is 0 Å². The molecule has 4 aliphatic heterocycles. The summed E-state index contributed by atoms with van der Waals surface area (Å²) >= 11 is 0. The van der Waals surface area contributed by atoms with Crippen LogP contribution in [0.1, 0.15) is 16.7 Å². The number of rotatable bonds is 3. The van der Waals surface area contributed by atoms with E-state index < -0.39 is 17.4 Å². The molecule has 1 spiro atoms. The summed E-state index contributed by atoms with van der Waals surface area (Å²) < 4.78 is 6.22. The molecule has 0 aromatic heterocycles. The Morgan fingerprint density at radius 2 is 2.00 bits per heavy atom. The van der Waals surface area contributed by atoms with Gasteiger partial charge < -0.3 is 19.4 Å². The van der Waals surface area contributed by atoms with Crippen LogP contribution in [0.25, 0.3) is 0 Å². The van der Waals surface area contributed by atoms with Crippen molar-refractivity contribution in [1.82, 2.24) is 14.7 Å². The lowest BCUT2D eigenvalue weighted by molar-refractivity contribution is -0.149. The highest BCUT2D eigenvalue weighted by atomic mass is 16.5. The van der Waals surface area contributed by atoms with E-state index in [2.05, 4.69) is 26.0 Å². The second-order valence-electron chi connectivity index (χ2n) is 9.09. The Hall–Kier alpha value is -2.67. The molecule has 7 nitrogen and oxygen atoms in total. The number of carbonyl (C=O) groups is 3. The third-order valence-electron chi connectivity index (χ3n) is 7.18. The van der Waals surface area contributed by atoms with Crippen LogP contribution in [0.4, 0.5) is 0 Å². The van der Waals surface area contributed by atoms with E-state index in [1.807, 2.05) is 23.1 Å². The smallest absolute Gasteiger partial charge is 0.241 e. The third kappa shape index (κ3) is 2.79. The van der Waals surface area contributed by atoms with Gasteiger partial charge >= 0.3 is 0 Å². The van der Waals surface area contributed by atoms with E-state index in [1.165, 1.54) is 11.1 Å². The minimum absolute atomic E-state index is 0.0288. The van der Waals surface area contributed by atoms with E-state index in [0.717, 1.165) is 5.56 Å². The molecule has 4 atom stereocenters. The number of aryl methyl sites for hydroxylation is 2. The molecular formula is C23H27N3O4. The van der Waals surface area contributed by atoms with Crippen LogP contribution in [0.2, 0.25) is 0 Å². The van der Waals surface area contributed by atoms with E-state index in [4.69, 9.17) is 4.74 Å². The summed E-state index contributed by atoms with van der Waals surface area (Å²) in [5.74, 6) is -1.30. The highest BCUT2D eigenvalue weighted by molar-refractivity contribution is 5.94. The summed E-state index contributed by atoms with van der Waals surface area (Å²) in [6, 6.07) is 6.23. The van der Waals surface area contributed by atoms with Crippen molar-refractivity contribution in [2.45, 2.75) is 32.1 Å². The van der Waals surface area contributed by atoms with Crippen LogP contribution in [0.3, 0.4) is 0 Å². The molecular weight excluding hydrogens is 382 g/mol. The Balaban J connectivity index is 1.38. The molecule has 1 aromatic rings. The van der Waals surface area contributed by atoms with Gasteiger partial charge in [-0.15, -0.1) is 0 Å². The first-order chi connectivity index (χ1) is 14.3. The number of nitrogens with zero attached hydrogens (tertiary/aromatic N) is 3. The number of piperazine rings is 1. The number of carbonyl (C=O) groups excluding carboxylic acids is 3. The molecule has 4 heterocycles. The molecule has 3 fully saturated rings. The minimum atomic E-state index is -0.724. The Morgan fingerprint density at radius 1 is 1.20 bits per heavy atom. The fraction of sp³-hybridized carbons (Fsp3) is 0.522. The first kappa shape index (κ1) is 19.3. The SMILES string of the molecule is Cc1ccc(CN2C[C@]34C=C[C@H](O3)[C@@H](C(=O)N3CCN(C)C(=O)C3)[C@@H]4C2=O)cc1C. The second kappa shape index (κ2) is 6.67. The highest BCUT2D eigenvalue weighted by Crippen LogP contribution is 2.52. The van der Waals surface area contributed by atoms with Crippen molar-refractivity contribution in [2.24, 2.45) is 11.8 Å². The van der Waals surface area contributed by atoms with Crippen LogP contribution in [0.15, 0.2) is 30.4 Å². The van der Waals surface area contributed by atoms with Gasteiger partial charge in [-0.1, -0.05) is 30.4 Å². The second-order valence-corrected chi connectivity index (χ2v) is 9.09. The molecule has 2 bridgehead atoms. The number of likely N-dealkylation sites (N-methyl/N-ethyl adjacent to an activating group) is 1. The van der Waals surface area contributed by atoms with Gasteiger partial charge in [0.1, 0.15) is 5.60 Å². The predicted octanol–water partition coefficient (Wildman–Crippen LogP) is 0.886. The van der Waals surface area contributed by atoms with Crippen molar-refractivity contribution < 1.29 is 19.1 Å². The number of amides is 3. The third-order valence-corrected chi connectivity index (χ3v) is 7.18. The van der Waals surface area contributed by atoms with Crippen molar-refractivity contribution in [1.29, 1.82) is 0 Å². The summed E-state index contributed by atoms with van der Waals surface area (Å²) in [4.78, 5) is 43.9. The van der Waals surface area contributed by atoms with Crippen LogP contribution in [-0.2, 0) is 25.7 Å². The highest BCUT2D eigenvalue weighted by Gasteiger charge is 2.67. The van der Waals surface area contributed by atoms with Gasteiger partial charge in [0, 0.05) is 26.7 Å². The Morgan fingerprint density at radius 3 is 2.73 bits per heavy atom. The zero-order chi connectivity index (χ0) is 21.2. The predicted molar refractivity (Wildman–Crippen MR) is 109 cm³/mol. The van der Waals surface area contributed by atoms with E-state index in [-0.39, 0.29) is 30.4 Å². The Kier molecular flexibility index (Phi) is 4.29. The fourth-order valence-electron chi connectivity index (χ4n) is 5.27. The number of benzene rings is 1. The molecule has 0 radical (unpaired) electrons. The number of hydrogen-bond acceptors (Lipinski definition) is 4. The molecule has 30 heavy (non-hydrogen) atoms. The van der Waals surface area contributed by atoms with Gasteiger partial charge in [0.2, 0.25) is 17.7 Å². The lowest BCUT2D eigenvalue weighted by Crippen LogP contribution is -2.54. The molecule has 1 aromatic carbocycles. The van der Waals surface area contributed by atoms with Gasteiger partial charge in [0.25, 0.3) is 0 Å². The Bertz CT molecular complexity index is 973. The molecule has 3 amide bonds. The molecule has 7 heteroatoms. The van der Waals surface area contributed by atoms with Crippen LogP contribution in [0.5, 0.6) is 0 Å². The summed E-state index contributed by atoms with van der Waals surface area (Å²) in [5, 5.41) is 0. The van der Waals surface area contributed by atoms with Crippen molar-refractivity contribution >= 4 is 17.7 Å². The average molecular weight is 409 g/mol. The van der Waals surface area contributed by atoms with Crippen LogP contribution in [0, 0.1) is 25.7 Å². The maximum absolute atomic E-state index is 13.4. The molecule has 0 N–H and O–H groups in total. The van der Waals surface area contributed by atoms with Crippen molar-refractivity contribution in [2.75, 3.05) is 33.2 Å². The minimum Gasteiger partial charge on any atom is -0.360 e. The number of ether oxygens (including phenoxy) is 1. The molecule has 0 aliphatic carbocycles. The molecule has 0 unspecified atom stereocenters. The van der Waals surface area contributed by atoms with Crippen LogP contribution >= 0.6 is 0 Å². The zero-order valence-electron chi connectivity index (χ0n) is 17.6. The lowest BCUT2D eigenvalue weighted by atomic mass is 9.76. The first-order valence-corrected chi connectivity index (χ1v) is 10.5. The van der Waals surface area contributed by atoms with Gasteiger partial charge in [0.15, 0.2) is 0 Å². The summed E-state index contributed by atoms with van der Waals surface area (Å²) in [7, 11) is 1.74. The maximum atomic E-state index is 13.4. The number of likely N-dealkylation sites (tertiary alicyclic amines) is 1. The average Bonchev–Trinajstić information content (AvgIpc) is 3.35. The normalized spacial score (nSPS) is 32.4. The van der Waals surface area contributed by atoms with Crippen molar-refractivity contribution in [3.8, 4) is 0 Å².